The first-order valence-electron chi connectivity index (χ1n) is 10.2. The smallest absolute Gasteiger partial charge is 0.269 e. The topological polar surface area (TPSA) is 108 Å². The van der Waals surface area contributed by atoms with Gasteiger partial charge in [0, 0.05) is 28.5 Å². The van der Waals surface area contributed by atoms with Crippen molar-refractivity contribution in [3.63, 3.8) is 0 Å². The van der Waals surface area contributed by atoms with Gasteiger partial charge in [0.1, 0.15) is 10.8 Å². The summed E-state index contributed by atoms with van der Waals surface area (Å²) in [7, 11) is 0. The molecule has 0 saturated heterocycles. The van der Waals surface area contributed by atoms with Crippen molar-refractivity contribution in [1.29, 1.82) is 0 Å². The maximum Gasteiger partial charge on any atom is 0.269 e. The lowest BCUT2D eigenvalue weighted by atomic mass is 10.2. The Morgan fingerprint density at radius 2 is 1.74 bits per heavy atom. The Morgan fingerprint density at radius 3 is 2.38 bits per heavy atom. The maximum atomic E-state index is 12.4. The Labute approximate surface area is 205 Å². The van der Waals surface area contributed by atoms with Crippen LogP contribution in [-0.2, 0) is 11.3 Å². The standard InChI is InChI=1S/C24H20Cl2N6O2/c1-15-20(23(26)32(29-15)14-16-2-4-17(25)5-3-16)10-11-22(33)28-18-6-8-19(9-7-18)31-13-12-21(30-31)24(27)34/h2-13H,14H2,1H3,(H2,27,34)(H,28,33)/b11-10+. The molecule has 0 aliphatic heterocycles. The summed E-state index contributed by atoms with van der Waals surface area (Å²) in [5.74, 6) is -0.913. The Balaban J connectivity index is 1.41. The normalized spacial score (nSPS) is 11.1. The number of nitrogens with one attached hydrogen (secondary N) is 1. The number of rotatable bonds is 7. The van der Waals surface area contributed by atoms with Gasteiger partial charge in [-0.05, 0) is 61.0 Å². The number of nitrogens with two attached hydrogens (primary N) is 1. The molecule has 0 aliphatic carbocycles. The molecule has 0 unspecified atom stereocenters. The molecular weight excluding hydrogens is 475 g/mol. The number of benzene rings is 2. The van der Waals surface area contributed by atoms with E-state index in [4.69, 9.17) is 28.9 Å². The van der Waals surface area contributed by atoms with Crippen molar-refractivity contribution in [2.45, 2.75) is 13.5 Å². The summed E-state index contributed by atoms with van der Waals surface area (Å²) in [6, 6.07) is 16.0. The Morgan fingerprint density at radius 1 is 1.03 bits per heavy atom. The van der Waals surface area contributed by atoms with Gasteiger partial charge in [0.25, 0.3) is 5.91 Å². The minimum absolute atomic E-state index is 0.174. The van der Waals surface area contributed by atoms with Crippen molar-refractivity contribution < 1.29 is 9.59 Å². The number of nitrogens with zero attached hydrogens (tertiary/aromatic N) is 4. The van der Waals surface area contributed by atoms with E-state index in [1.807, 2.05) is 31.2 Å². The average molecular weight is 495 g/mol. The van der Waals surface area contributed by atoms with E-state index in [0.29, 0.717) is 33.7 Å². The summed E-state index contributed by atoms with van der Waals surface area (Å²) in [5.41, 5.74) is 9.11. The molecule has 34 heavy (non-hydrogen) atoms. The summed E-state index contributed by atoms with van der Waals surface area (Å²) in [6.45, 7) is 2.32. The first kappa shape index (κ1) is 23.3. The van der Waals surface area contributed by atoms with Crippen molar-refractivity contribution >= 4 is 46.8 Å². The van der Waals surface area contributed by atoms with Gasteiger partial charge in [-0.2, -0.15) is 10.2 Å². The number of halogens is 2. The summed E-state index contributed by atoms with van der Waals surface area (Å²) in [4.78, 5) is 23.6. The highest BCUT2D eigenvalue weighted by atomic mass is 35.5. The van der Waals surface area contributed by atoms with Crippen LogP contribution in [0.5, 0.6) is 0 Å². The Kier molecular flexibility index (Phi) is 6.81. The minimum Gasteiger partial charge on any atom is -0.364 e. The van der Waals surface area contributed by atoms with E-state index >= 15 is 0 Å². The van der Waals surface area contributed by atoms with Crippen molar-refractivity contribution in [3.05, 3.63) is 99.6 Å². The molecule has 2 amide bonds. The highest BCUT2D eigenvalue weighted by Gasteiger charge is 2.12. The molecule has 0 saturated carbocycles. The van der Waals surface area contributed by atoms with E-state index < -0.39 is 5.91 Å². The van der Waals surface area contributed by atoms with Crippen LogP contribution >= 0.6 is 23.2 Å². The fraction of sp³-hybridized carbons (Fsp3) is 0.0833. The van der Waals surface area contributed by atoms with E-state index in [1.54, 1.807) is 41.2 Å². The molecule has 2 aromatic carbocycles. The van der Waals surface area contributed by atoms with Gasteiger partial charge in [-0.1, -0.05) is 35.3 Å². The number of hydrogen-bond acceptors (Lipinski definition) is 4. The van der Waals surface area contributed by atoms with E-state index in [0.717, 1.165) is 11.3 Å². The van der Waals surface area contributed by atoms with Crippen LogP contribution in [0.1, 0.15) is 27.3 Å². The second-order valence-corrected chi connectivity index (χ2v) is 8.25. The fourth-order valence-corrected chi connectivity index (χ4v) is 3.69. The van der Waals surface area contributed by atoms with Crippen LogP contribution < -0.4 is 11.1 Å². The predicted molar refractivity (Wildman–Crippen MR) is 132 cm³/mol. The van der Waals surface area contributed by atoms with Crippen molar-refractivity contribution in [3.8, 4) is 5.69 Å². The first-order valence-corrected chi connectivity index (χ1v) is 11.0. The first-order chi connectivity index (χ1) is 16.3. The minimum atomic E-state index is -0.597. The van der Waals surface area contributed by atoms with Crippen LogP contribution in [-0.4, -0.2) is 31.4 Å². The quantitative estimate of drug-likeness (QED) is 0.369. The van der Waals surface area contributed by atoms with Crippen molar-refractivity contribution in [1.82, 2.24) is 19.6 Å². The van der Waals surface area contributed by atoms with E-state index in [9.17, 15) is 9.59 Å². The molecule has 8 nitrogen and oxygen atoms in total. The number of amides is 2. The second kappa shape index (κ2) is 9.94. The Hall–Kier alpha value is -3.88. The molecule has 172 valence electrons. The number of carbonyl (C=O) groups excluding carboxylic acids is 2. The van der Waals surface area contributed by atoms with Crippen LogP contribution in [0.3, 0.4) is 0 Å². The number of anilines is 1. The highest BCUT2D eigenvalue weighted by molar-refractivity contribution is 6.31. The number of hydrogen-bond donors (Lipinski definition) is 2. The van der Waals surface area contributed by atoms with Crippen LogP contribution in [0.15, 0.2) is 66.9 Å². The highest BCUT2D eigenvalue weighted by Crippen LogP contribution is 2.23. The predicted octanol–water partition coefficient (Wildman–Crippen LogP) is 4.48. The Bertz CT molecular complexity index is 1370. The van der Waals surface area contributed by atoms with Crippen LogP contribution in [0.2, 0.25) is 10.2 Å². The molecule has 0 atom stereocenters. The van der Waals surface area contributed by atoms with Gasteiger partial charge < -0.3 is 11.1 Å². The molecule has 0 fully saturated rings. The second-order valence-electron chi connectivity index (χ2n) is 7.45. The number of aromatic nitrogens is 4. The molecule has 0 radical (unpaired) electrons. The van der Waals surface area contributed by atoms with Gasteiger partial charge in [-0.25, -0.2) is 9.36 Å². The molecule has 0 aliphatic rings. The largest absolute Gasteiger partial charge is 0.364 e. The lowest BCUT2D eigenvalue weighted by molar-refractivity contribution is -0.111. The van der Waals surface area contributed by atoms with Crippen LogP contribution in [0, 0.1) is 6.92 Å². The average Bonchev–Trinajstić information content (AvgIpc) is 3.40. The summed E-state index contributed by atoms with van der Waals surface area (Å²) >= 11 is 12.4. The number of primary amides is 1. The van der Waals surface area contributed by atoms with Crippen molar-refractivity contribution in [2.24, 2.45) is 5.73 Å². The molecular formula is C24H20Cl2N6O2. The lowest BCUT2D eigenvalue weighted by Gasteiger charge is -2.05. The summed E-state index contributed by atoms with van der Waals surface area (Å²) in [5, 5.41) is 12.5. The maximum absolute atomic E-state index is 12.4. The zero-order valence-electron chi connectivity index (χ0n) is 18.1. The fourth-order valence-electron chi connectivity index (χ4n) is 3.26. The number of carbonyl (C=O) groups is 2. The summed E-state index contributed by atoms with van der Waals surface area (Å²) < 4.78 is 3.20. The van der Waals surface area contributed by atoms with Gasteiger partial charge in [-0.15, -0.1) is 0 Å². The van der Waals surface area contributed by atoms with Gasteiger partial charge in [0.05, 0.1) is 17.9 Å². The van der Waals surface area contributed by atoms with Gasteiger partial charge >= 0.3 is 0 Å². The zero-order valence-corrected chi connectivity index (χ0v) is 19.6. The lowest BCUT2D eigenvalue weighted by Crippen LogP contribution is -2.12. The van der Waals surface area contributed by atoms with E-state index in [2.05, 4.69) is 15.5 Å². The van der Waals surface area contributed by atoms with E-state index in [-0.39, 0.29) is 11.6 Å². The third-order valence-electron chi connectivity index (χ3n) is 5.00. The molecule has 2 heterocycles. The molecule has 4 rings (SSSR count). The SMILES string of the molecule is Cc1nn(Cc2ccc(Cl)cc2)c(Cl)c1/C=C/C(=O)Nc1ccc(-n2ccc(C(N)=O)n2)cc1. The van der Waals surface area contributed by atoms with Gasteiger partial charge in [-0.3, -0.25) is 9.59 Å². The zero-order chi connectivity index (χ0) is 24.2. The number of aryl methyl sites for hydroxylation is 1. The van der Waals surface area contributed by atoms with Crippen molar-refractivity contribution in [2.75, 3.05) is 5.32 Å². The molecule has 4 aromatic rings. The molecule has 2 aromatic heterocycles. The van der Waals surface area contributed by atoms with Gasteiger partial charge in [0.2, 0.25) is 5.91 Å². The molecule has 10 heteroatoms. The van der Waals surface area contributed by atoms with Gasteiger partial charge in [0.15, 0.2) is 0 Å². The van der Waals surface area contributed by atoms with Crippen LogP contribution in [0.4, 0.5) is 5.69 Å². The summed E-state index contributed by atoms with van der Waals surface area (Å²) in [6.07, 6.45) is 4.68. The third-order valence-corrected chi connectivity index (χ3v) is 5.65. The monoisotopic (exact) mass is 494 g/mol. The molecule has 0 spiro atoms. The molecule has 3 N–H and O–H groups in total. The third kappa shape index (κ3) is 5.36. The molecule has 0 bridgehead atoms. The van der Waals surface area contributed by atoms with Crippen LogP contribution in [0.25, 0.3) is 11.8 Å². The van der Waals surface area contributed by atoms with E-state index in [1.165, 1.54) is 16.8 Å².